The molecule has 0 aliphatic heterocycles. The molecule has 84 valence electrons. The lowest BCUT2D eigenvalue weighted by atomic mass is 10.2. The van der Waals surface area contributed by atoms with E-state index in [1.165, 1.54) is 0 Å². The molecule has 0 spiro atoms. The Morgan fingerprint density at radius 2 is 2.33 bits per heavy atom. The van der Waals surface area contributed by atoms with Crippen molar-refractivity contribution in [2.75, 3.05) is 25.1 Å². The molecule has 0 saturated heterocycles. The van der Waals surface area contributed by atoms with Crippen molar-refractivity contribution in [2.24, 2.45) is 5.92 Å². The topological polar surface area (TPSA) is 47.0 Å². The highest BCUT2D eigenvalue weighted by atomic mass is 35.5. The van der Waals surface area contributed by atoms with E-state index in [0.29, 0.717) is 12.5 Å². The number of hydrogen-bond acceptors (Lipinski definition) is 4. The van der Waals surface area contributed by atoms with Crippen molar-refractivity contribution >= 4 is 17.4 Å². The number of aromatic nitrogens is 2. The lowest BCUT2D eigenvalue weighted by Gasteiger charge is -2.08. The molecule has 1 heterocycles. The molecule has 0 atom stereocenters. The largest absolute Gasteiger partial charge is 0.379 e. The fourth-order valence-electron chi connectivity index (χ4n) is 1.00. The third-order valence-electron chi connectivity index (χ3n) is 1.63. The molecule has 15 heavy (non-hydrogen) atoms. The summed E-state index contributed by atoms with van der Waals surface area (Å²) in [6, 6.07) is 1.77. The van der Waals surface area contributed by atoms with Gasteiger partial charge in [0.15, 0.2) is 0 Å². The summed E-state index contributed by atoms with van der Waals surface area (Å²) in [5.74, 6) is 1.29. The third kappa shape index (κ3) is 5.54. The SMILES string of the molecule is CC(C)COCCNc1ccnc(Cl)n1. The Morgan fingerprint density at radius 3 is 3.00 bits per heavy atom. The van der Waals surface area contributed by atoms with Gasteiger partial charge in [-0.2, -0.15) is 0 Å². The first-order chi connectivity index (χ1) is 7.18. The zero-order chi connectivity index (χ0) is 11.1. The molecule has 1 rings (SSSR count). The highest BCUT2D eigenvalue weighted by Gasteiger charge is 1.96. The van der Waals surface area contributed by atoms with Crippen molar-refractivity contribution in [3.05, 3.63) is 17.5 Å². The molecular weight excluding hydrogens is 214 g/mol. The van der Waals surface area contributed by atoms with Crippen molar-refractivity contribution in [3.63, 3.8) is 0 Å². The highest BCUT2D eigenvalue weighted by molar-refractivity contribution is 6.28. The monoisotopic (exact) mass is 229 g/mol. The van der Waals surface area contributed by atoms with Crippen LogP contribution in [0.3, 0.4) is 0 Å². The molecule has 0 radical (unpaired) electrons. The molecule has 0 amide bonds. The third-order valence-corrected chi connectivity index (χ3v) is 1.81. The first-order valence-electron chi connectivity index (χ1n) is 4.98. The van der Waals surface area contributed by atoms with Crippen molar-refractivity contribution in [3.8, 4) is 0 Å². The normalized spacial score (nSPS) is 10.7. The Morgan fingerprint density at radius 1 is 1.53 bits per heavy atom. The molecule has 5 heteroatoms. The number of nitrogens with zero attached hydrogens (tertiary/aromatic N) is 2. The molecule has 0 aromatic carbocycles. The van der Waals surface area contributed by atoms with Crippen LogP contribution in [0.25, 0.3) is 0 Å². The van der Waals surface area contributed by atoms with Crippen LogP contribution < -0.4 is 5.32 Å². The number of hydrogen-bond donors (Lipinski definition) is 1. The van der Waals surface area contributed by atoms with Crippen molar-refractivity contribution < 1.29 is 4.74 Å². The number of halogens is 1. The minimum absolute atomic E-state index is 0.253. The van der Waals surface area contributed by atoms with Gasteiger partial charge in [-0.05, 0) is 23.6 Å². The van der Waals surface area contributed by atoms with Gasteiger partial charge in [-0.15, -0.1) is 0 Å². The van der Waals surface area contributed by atoms with Crippen LogP contribution in [0.2, 0.25) is 5.28 Å². The van der Waals surface area contributed by atoms with Crippen molar-refractivity contribution in [1.29, 1.82) is 0 Å². The van der Waals surface area contributed by atoms with Crippen LogP contribution in [-0.4, -0.2) is 29.7 Å². The predicted molar refractivity (Wildman–Crippen MR) is 61.2 cm³/mol. The molecule has 1 aromatic heterocycles. The maximum absolute atomic E-state index is 5.63. The molecule has 0 saturated carbocycles. The Hall–Kier alpha value is -0.870. The molecule has 0 bridgehead atoms. The second-order valence-electron chi connectivity index (χ2n) is 3.61. The molecule has 1 aromatic rings. The summed E-state index contributed by atoms with van der Waals surface area (Å²) in [4.78, 5) is 7.78. The smallest absolute Gasteiger partial charge is 0.224 e. The summed E-state index contributed by atoms with van der Waals surface area (Å²) in [6.07, 6.45) is 1.62. The standard InChI is InChI=1S/C10H16ClN3O/c1-8(2)7-15-6-5-12-9-3-4-13-10(11)14-9/h3-4,8H,5-7H2,1-2H3,(H,12,13,14). The van der Waals surface area contributed by atoms with Crippen molar-refractivity contribution in [2.45, 2.75) is 13.8 Å². The van der Waals surface area contributed by atoms with Gasteiger partial charge >= 0.3 is 0 Å². The Balaban J connectivity index is 2.15. The second-order valence-corrected chi connectivity index (χ2v) is 3.94. The fourth-order valence-corrected chi connectivity index (χ4v) is 1.15. The minimum Gasteiger partial charge on any atom is -0.379 e. The maximum Gasteiger partial charge on any atom is 0.224 e. The van der Waals surface area contributed by atoms with E-state index in [1.54, 1.807) is 12.3 Å². The summed E-state index contributed by atoms with van der Waals surface area (Å²) in [6.45, 7) is 6.42. The van der Waals surface area contributed by atoms with Gasteiger partial charge in [0.1, 0.15) is 5.82 Å². The van der Waals surface area contributed by atoms with Crippen LogP contribution in [0.5, 0.6) is 0 Å². The molecule has 0 fully saturated rings. The Bertz CT molecular complexity index is 294. The van der Waals surface area contributed by atoms with Gasteiger partial charge in [0.05, 0.1) is 6.61 Å². The summed E-state index contributed by atoms with van der Waals surface area (Å²) >= 11 is 5.63. The Kier molecular flexibility index (Phi) is 5.36. The number of rotatable bonds is 6. The zero-order valence-corrected chi connectivity index (χ0v) is 9.79. The first kappa shape index (κ1) is 12.2. The summed E-state index contributed by atoms with van der Waals surface area (Å²) < 4.78 is 5.41. The van der Waals surface area contributed by atoms with Crippen LogP contribution >= 0.6 is 11.6 Å². The molecule has 0 aliphatic carbocycles. The van der Waals surface area contributed by atoms with Gasteiger partial charge in [-0.3, -0.25) is 0 Å². The van der Waals surface area contributed by atoms with E-state index in [1.807, 2.05) is 0 Å². The molecule has 1 N–H and O–H groups in total. The van der Waals surface area contributed by atoms with Crippen LogP contribution in [-0.2, 0) is 4.74 Å². The van der Waals surface area contributed by atoms with Gasteiger partial charge in [0.25, 0.3) is 0 Å². The lowest BCUT2D eigenvalue weighted by Crippen LogP contribution is -2.12. The van der Waals surface area contributed by atoms with Gasteiger partial charge < -0.3 is 10.1 Å². The van der Waals surface area contributed by atoms with E-state index in [4.69, 9.17) is 16.3 Å². The van der Waals surface area contributed by atoms with Crippen LogP contribution in [0, 0.1) is 5.92 Å². The first-order valence-corrected chi connectivity index (χ1v) is 5.36. The maximum atomic E-state index is 5.63. The summed E-state index contributed by atoms with van der Waals surface area (Å²) in [5.41, 5.74) is 0. The number of anilines is 1. The lowest BCUT2D eigenvalue weighted by molar-refractivity contribution is 0.118. The summed E-state index contributed by atoms with van der Waals surface area (Å²) in [7, 11) is 0. The zero-order valence-electron chi connectivity index (χ0n) is 9.03. The number of nitrogens with one attached hydrogen (secondary N) is 1. The summed E-state index contributed by atoms with van der Waals surface area (Å²) in [5, 5.41) is 3.35. The van der Waals surface area contributed by atoms with Gasteiger partial charge in [0.2, 0.25) is 5.28 Å². The van der Waals surface area contributed by atoms with E-state index >= 15 is 0 Å². The van der Waals surface area contributed by atoms with Gasteiger partial charge in [-0.25, -0.2) is 9.97 Å². The fraction of sp³-hybridized carbons (Fsp3) is 0.600. The molecule has 4 nitrogen and oxygen atoms in total. The predicted octanol–water partition coefficient (Wildman–Crippen LogP) is 2.21. The molecule has 0 unspecified atom stereocenters. The van der Waals surface area contributed by atoms with Crippen LogP contribution in [0.1, 0.15) is 13.8 Å². The van der Waals surface area contributed by atoms with Crippen LogP contribution in [0.4, 0.5) is 5.82 Å². The van der Waals surface area contributed by atoms with Crippen molar-refractivity contribution in [1.82, 2.24) is 9.97 Å². The van der Waals surface area contributed by atoms with E-state index in [9.17, 15) is 0 Å². The minimum atomic E-state index is 0.253. The van der Waals surface area contributed by atoms with E-state index in [-0.39, 0.29) is 5.28 Å². The average molecular weight is 230 g/mol. The van der Waals surface area contributed by atoms with E-state index < -0.39 is 0 Å². The second kappa shape index (κ2) is 6.58. The Labute approximate surface area is 95.0 Å². The highest BCUT2D eigenvalue weighted by Crippen LogP contribution is 2.04. The molecular formula is C10H16ClN3O. The number of ether oxygens (including phenoxy) is 1. The van der Waals surface area contributed by atoms with Crippen LogP contribution in [0.15, 0.2) is 12.3 Å². The molecule has 0 aliphatic rings. The van der Waals surface area contributed by atoms with Gasteiger partial charge in [0, 0.05) is 19.3 Å². The van der Waals surface area contributed by atoms with E-state index in [2.05, 4.69) is 29.1 Å². The van der Waals surface area contributed by atoms with Gasteiger partial charge in [-0.1, -0.05) is 13.8 Å². The van der Waals surface area contributed by atoms with E-state index in [0.717, 1.165) is 19.0 Å². The quantitative estimate of drug-likeness (QED) is 0.600. The average Bonchev–Trinajstić information content (AvgIpc) is 2.17.